The van der Waals surface area contributed by atoms with Gasteiger partial charge >= 0.3 is 0 Å². The van der Waals surface area contributed by atoms with Crippen molar-refractivity contribution < 1.29 is 9.59 Å². The molecule has 2 aromatic heterocycles. The number of rotatable bonds is 8. The Labute approximate surface area is 209 Å². The Morgan fingerprint density at radius 1 is 0.972 bits per heavy atom. The van der Waals surface area contributed by atoms with E-state index < -0.39 is 5.91 Å². The van der Waals surface area contributed by atoms with E-state index in [2.05, 4.69) is 27.1 Å². The monoisotopic (exact) mass is 481 g/mol. The van der Waals surface area contributed by atoms with Gasteiger partial charge in [0.1, 0.15) is 5.69 Å². The third kappa shape index (κ3) is 5.50. The number of aromatic nitrogens is 4. The lowest BCUT2D eigenvalue weighted by atomic mass is 10.1. The van der Waals surface area contributed by atoms with E-state index in [0.29, 0.717) is 30.6 Å². The van der Waals surface area contributed by atoms with Gasteiger partial charge in [-0.25, -0.2) is 4.68 Å². The van der Waals surface area contributed by atoms with Crippen LogP contribution in [0.15, 0.2) is 66.9 Å². The number of hydrazine groups is 1. The topological polar surface area (TPSA) is 118 Å². The number of benzene rings is 2. The van der Waals surface area contributed by atoms with Crippen molar-refractivity contribution in [3.63, 3.8) is 0 Å². The quantitative estimate of drug-likeness (QED) is 0.373. The van der Waals surface area contributed by atoms with Gasteiger partial charge in [-0.15, -0.1) is 0 Å². The van der Waals surface area contributed by atoms with Crippen molar-refractivity contribution in [1.29, 1.82) is 5.26 Å². The minimum Gasteiger partial charge on any atom is -0.273 e. The van der Waals surface area contributed by atoms with Crippen LogP contribution in [-0.4, -0.2) is 31.4 Å². The predicted octanol–water partition coefficient (Wildman–Crippen LogP) is 3.66. The number of carbonyl (C=O) groups is 2. The summed E-state index contributed by atoms with van der Waals surface area (Å²) in [6.45, 7) is 4.34. The van der Waals surface area contributed by atoms with E-state index in [9.17, 15) is 9.59 Å². The number of nitrogens with zero attached hydrogens (tertiary/aromatic N) is 5. The third-order valence-electron chi connectivity index (χ3n) is 5.91. The first-order valence-corrected chi connectivity index (χ1v) is 11.7. The van der Waals surface area contributed by atoms with Crippen LogP contribution in [0, 0.1) is 25.2 Å². The van der Waals surface area contributed by atoms with E-state index in [1.807, 2.05) is 74.5 Å². The lowest BCUT2D eigenvalue weighted by molar-refractivity contribution is -0.121. The van der Waals surface area contributed by atoms with Gasteiger partial charge in [-0.1, -0.05) is 48.5 Å². The van der Waals surface area contributed by atoms with Crippen molar-refractivity contribution in [1.82, 2.24) is 30.4 Å². The second-order valence-electron chi connectivity index (χ2n) is 8.32. The molecule has 0 bridgehead atoms. The maximum Gasteiger partial charge on any atom is 0.273 e. The molecule has 9 heteroatoms. The Balaban J connectivity index is 1.44. The Kier molecular flexibility index (Phi) is 7.56. The van der Waals surface area contributed by atoms with Crippen LogP contribution < -0.4 is 10.9 Å². The van der Waals surface area contributed by atoms with Gasteiger partial charge in [-0.3, -0.25) is 25.1 Å². The second kappa shape index (κ2) is 11.1. The van der Waals surface area contributed by atoms with E-state index in [0.717, 1.165) is 28.2 Å². The summed E-state index contributed by atoms with van der Waals surface area (Å²) in [5.74, 6) is -0.773. The number of nitrogens with one attached hydrogen (secondary N) is 2. The highest BCUT2D eigenvalue weighted by Gasteiger charge is 2.19. The van der Waals surface area contributed by atoms with Gasteiger partial charge in [0.15, 0.2) is 0 Å². The molecule has 0 radical (unpaired) electrons. The van der Waals surface area contributed by atoms with Crippen LogP contribution in [-0.2, 0) is 17.8 Å². The summed E-state index contributed by atoms with van der Waals surface area (Å²) in [7, 11) is 0. The van der Waals surface area contributed by atoms with Gasteiger partial charge in [0.05, 0.1) is 36.0 Å². The van der Waals surface area contributed by atoms with E-state index in [1.54, 1.807) is 15.6 Å². The van der Waals surface area contributed by atoms with E-state index in [4.69, 9.17) is 5.26 Å². The Morgan fingerprint density at radius 3 is 2.36 bits per heavy atom. The van der Waals surface area contributed by atoms with Crippen molar-refractivity contribution in [2.24, 2.45) is 0 Å². The number of amides is 2. The Hall–Kier alpha value is -4.71. The van der Waals surface area contributed by atoms with Crippen LogP contribution in [0.2, 0.25) is 0 Å². The molecule has 0 saturated carbocycles. The average molecular weight is 482 g/mol. The summed E-state index contributed by atoms with van der Waals surface area (Å²) < 4.78 is 3.44. The van der Waals surface area contributed by atoms with Crippen molar-refractivity contribution in [3.05, 3.63) is 89.4 Å². The molecule has 2 heterocycles. The molecule has 0 saturated heterocycles. The fourth-order valence-electron chi connectivity index (χ4n) is 4.03. The molecule has 4 rings (SSSR count). The summed E-state index contributed by atoms with van der Waals surface area (Å²) in [4.78, 5) is 25.6. The lowest BCUT2D eigenvalue weighted by Crippen LogP contribution is -2.41. The zero-order chi connectivity index (χ0) is 25.5. The third-order valence-corrected chi connectivity index (χ3v) is 5.91. The van der Waals surface area contributed by atoms with Crippen LogP contribution in [0.4, 0.5) is 0 Å². The van der Waals surface area contributed by atoms with E-state index in [1.165, 1.54) is 0 Å². The highest BCUT2D eigenvalue weighted by molar-refractivity contribution is 6.00. The highest BCUT2D eigenvalue weighted by atomic mass is 16.2. The molecular weight excluding hydrogens is 454 g/mol. The van der Waals surface area contributed by atoms with Crippen molar-refractivity contribution in [3.8, 4) is 23.0 Å². The first-order chi connectivity index (χ1) is 17.5. The summed E-state index contributed by atoms with van der Waals surface area (Å²) in [6.07, 6.45) is 2.69. The Morgan fingerprint density at radius 2 is 1.67 bits per heavy atom. The van der Waals surface area contributed by atoms with E-state index >= 15 is 0 Å². The molecule has 36 heavy (non-hydrogen) atoms. The predicted molar refractivity (Wildman–Crippen MR) is 135 cm³/mol. The maximum atomic E-state index is 13.1. The van der Waals surface area contributed by atoms with Crippen LogP contribution in [0.5, 0.6) is 0 Å². The summed E-state index contributed by atoms with van der Waals surface area (Å²) >= 11 is 0. The van der Waals surface area contributed by atoms with Gasteiger partial charge in [-0.05, 0) is 38.0 Å². The standard InChI is InChI=1S/C27H27N7O2/c1-19-23(20(2)33(31-19)17-9-16-28)14-15-25(35)29-30-27(36)24-18-34(22-12-7-4-8-13-22)32-26(24)21-10-5-3-6-11-21/h3-8,10-13,18H,9,14-15,17H2,1-2H3,(H,29,35)(H,30,36). The summed E-state index contributed by atoms with van der Waals surface area (Å²) in [5.41, 5.74) is 10.3. The molecule has 2 aromatic carbocycles. The fraction of sp³-hybridized carbons (Fsp3) is 0.222. The number of hydrogen-bond donors (Lipinski definition) is 2. The SMILES string of the molecule is Cc1nn(CCC#N)c(C)c1CCC(=O)NNC(=O)c1cn(-c2ccccc2)nc1-c1ccccc1. The highest BCUT2D eigenvalue weighted by Crippen LogP contribution is 2.23. The van der Waals surface area contributed by atoms with Crippen LogP contribution in [0.1, 0.15) is 40.2 Å². The number of hydrogen-bond acceptors (Lipinski definition) is 5. The van der Waals surface area contributed by atoms with Gasteiger partial charge in [0, 0.05) is 23.9 Å². The number of carbonyl (C=O) groups excluding carboxylic acids is 2. The molecule has 9 nitrogen and oxygen atoms in total. The molecule has 0 fully saturated rings. The number of nitriles is 1. The molecule has 182 valence electrons. The minimum absolute atomic E-state index is 0.181. The van der Waals surface area contributed by atoms with Crippen LogP contribution in [0.25, 0.3) is 16.9 Å². The van der Waals surface area contributed by atoms with Gasteiger partial charge in [-0.2, -0.15) is 15.5 Å². The molecule has 2 N–H and O–H groups in total. The molecule has 2 amide bonds. The first kappa shape index (κ1) is 24.4. The number of aryl methyl sites for hydroxylation is 2. The fourth-order valence-corrected chi connectivity index (χ4v) is 4.03. The van der Waals surface area contributed by atoms with Crippen molar-refractivity contribution in [2.45, 2.75) is 39.7 Å². The molecule has 0 aliphatic heterocycles. The minimum atomic E-state index is -0.457. The normalized spacial score (nSPS) is 10.6. The second-order valence-corrected chi connectivity index (χ2v) is 8.32. The van der Waals surface area contributed by atoms with Crippen LogP contribution in [0.3, 0.4) is 0 Å². The zero-order valence-electron chi connectivity index (χ0n) is 20.2. The summed E-state index contributed by atoms with van der Waals surface area (Å²) in [6, 6.07) is 21.1. The number of para-hydroxylation sites is 1. The Bertz CT molecular complexity index is 1400. The van der Waals surface area contributed by atoms with Crippen molar-refractivity contribution in [2.75, 3.05) is 0 Å². The molecule has 0 atom stereocenters. The molecular formula is C27H27N7O2. The lowest BCUT2D eigenvalue weighted by Gasteiger charge is -2.08. The van der Waals surface area contributed by atoms with E-state index in [-0.39, 0.29) is 12.3 Å². The molecule has 0 unspecified atom stereocenters. The smallest absolute Gasteiger partial charge is 0.273 e. The molecule has 0 aliphatic rings. The van der Waals surface area contributed by atoms with Gasteiger partial charge in [0.25, 0.3) is 5.91 Å². The maximum absolute atomic E-state index is 13.1. The molecule has 4 aromatic rings. The largest absolute Gasteiger partial charge is 0.273 e. The molecule has 0 spiro atoms. The van der Waals surface area contributed by atoms with Crippen molar-refractivity contribution >= 4 is 11.8 Å². The molecule has 0 aliphatic carbocycles. The van der Waals surface area contributed by atoms with Gasteiger partial charge < -0.3 is 0 Å². The van der Waals surface area contributed by atoms with Crippen LogP contribution >= 0.6 is 0 Å². The van der Waals surface area contributed by atoms with Gasteiger partial charge in [0.2, 0.25) is 5.91 Å². The summed E-state index contributed by atoms with van der Waals surface area (Å²) in [5, 5.41) is 17.9. The first-order valence-electron chi connectivity index (χ1n) is 11.7. The average Bonchev–Trinajstić information content (AvgIpc) is 3.47. The zero-order valence-corrected chi connectivity index (χ0v) is 20.2.